The summed E-state index contributed by atoms with van der Waals surface area (Å²) >= 11 is 0. The van der Waals surface area contributed by atoms with Gasteiger partial charge in [-0.3, -0.25) is 4.79 Å². The summed E-state index contributed by atoms with van der Waals surface area (Å²) in [5.74, 6) is 4.45. The van der Waals surface area contributed by atoms with Crippen molar-refractivity contribution in [2.45, 2.75) is 138 Å². The molecule has 3 saturated carbocycles. The van der Waals surface area contributed by atoms with Crippen molar-refractivity contribution in [1.82, 2.24) is 0 Å². The molecule has 0 aliphatic heterocycles. The van der Waals surface area contributed by atoms with Crippen LogP contribution in [0.1, 0.15) is 114 Å². The molecule has 0 radical (unpaired) electrons. The summed E-state index contributed by atoms with van der Waals surface area (Å²) in [6.07, 6.45) is 17.1. The molecule has 38 heavy (non-hydrogen) atoms. The lowest BCUT2D eigenvalue weighted by atomic mass is 9.46. The number of ketones is 1. The third-order valence-corrected chi connectivity index (χ3v) is 17.4. The Morgan fingerprint density at radius 2 is 1.71 bits per heavy atom. The van der Waals surface area contributed by atoms with Crippen molar-refractivity contribution < 1.29 is 9.22 Å². The third-order valence-electron chi connectivity index (χ3n) is 12.9. The minimum atomic E-state index is -1.81. The van der Waals surface area contributed by atoms with Crippen LogP contribution in [-0.2, 0) is 9.22 Å². The minimum absolute atomic E-state index is 0.183. The lowest BCUT2D eigenvalue weighted by molar-refractivity contribution is -0.134. The van der Waals surface area contributed by atoms with Crippen molar-refractivity contribution in [3.8, 4) is 0 Å². The average Bonchev–Trinajstić information content (AvgIpc) is 3.16. The van der Waals surface area contributed by atoms with E-state index < -0.39 is 8.32 Å². The van der Waals surface area contributed by atoms with E-state index in [1.54, 1.807) is 0 Å². The van der Waals surface area contributed by atoms with Gasteiger partial charge < -0.3 is 4.43 Å². The molecule has 0 aromatic carbocycles. The Labute approximate surface area is 237 Å². The average molecular weight is 541 g/mol. The molecule has 0 spiro atoms. The first-order valence-electron chi connectivity index (χ1n) is 16.2. The highest BCUT2D eigenvalue weighted by molar-refractivity contribution is 6.74. The van der Waals surface area contributed by atoms with E-state index in [-0.39, 0.29) is 22.5 Å². The molecule has 1 unspecified atom stereocenters. The zero-order chi connectivity index (χ0) is 28.3. The highest BCUT2D eigenvalue weighted by Crippen LogP contribution is 2.66. The van der Waals surface area contributed by atoms with Gasteiger partial charge in [0.1, 0.15) is 0 Å². The van der Waals surface area contributed by atoms with Gasteiger partial charge in [-0.25, -0.2) is 0 Å². The van der Waals surface area contributed by atoms with E-state index in [0.29, 0.717) is 46.7 Å². The Bertz CT molecular complexity index is 938. The second-order valence-corrected chi connectivity index (χ2v) is 21.0. The highest BCUT2D eigenvalue weighted by atomic mass is 28.4. The second kappa shape index (κ2) is 10.6. The lowest BCUT2D eigenvalue weighted by Crippen LogP contribution is -2.54. The number of fused-ring (bicyclic) bond motifs is 5. The number of allylic oxidation sites excluding steroid dienone is 3. The Morgan fingerprint density at radius 1 is 1.03 bits per heavy atom. The van der Waals surface area contributed by atoms with Gasteiger partial charge in [0.2, 0.25) is 0 Å². The van der Waals surface area contributed by atoms with Crippen molar-refractivity contribution >= 4 is 14.1 Å². The summed E-state index contributed by atoms with van der Waals surface area (Å²) in [4.78, 5) is 13.9. The second-order valence-electron chi connectivity index (χ2n) is 16.3. The van der Waals surface area contributed by atoms with Crippen LogP contribution < -0.4 is 0 Å². The molecule has 0 heterocycles. The predicted octanol–water partition coefficient (Wildman–Crippen LogP) is 10.0. The van der Waals surface area contributed by atoms with Gasteiger partial charge in [0, 0.05) is 12.0 Å². The molecule has 0 aromatic heterocycles. The zero-order valence-corrected chi connectivity index (χ0v) is 27.8. The van der Waals surface area contributed by atoms with Crippen molar-refractivity contribution in [2.24, 2.45) is 52.3 Å². The van der Waals surface area contributed by atoms with Crippen LogP contribution in [0.25, 0.3) is 0 Å². The summed E-state index contributed by atoms with van der Waals surface area (Å²) in [5, 5.41) is 0.223. The molecule has 0 amide bonds. The van der Waals surface area contributed by atoms with Gasteiger partial charge in [0.05, 0.1) is 0 Å². The van der Waals surface area contributed by atoms with Crippen molar-refractivity contribution in [3.05, 3.63) is 23.8 Å². The number of hydrogen-bond donors (Lipinski definition) is 0. The number of rotatable bonds is 7. The summed E-state index contributed by atoms with van der Waals surface area (Å²) < 4.78 is 6.88. The topological polar surface area (TPSA) is 26.3 Å². The Morgan fingerprint density at radius 3 is 2.32 bits per heavy atom. The Kier molecular flexibility index (Phi) is 8.47. The van der Waals surface area contributed by atoms with Gasteiger partial charge in [0.15, 0.2) is 14.1 Å². The maximum absolute atomic E-state index is 13.9. The molecule has 0 bridgehead atoms. The maximum atomic E-state index is 13.9. The van der Waals surface area contributed by atoms with E-state index in [1.165, 1.54) is 44.1 Å². The molecular weight excluding hydrogens is 480 g/mol. The van der Waals surface area contributed by atoms with Crippen LogP contribution in [0.2, 0.25) is 18.1 Å². The standard InChI is InChI=1S/C35H60O2Si/c1-12-25(23(2)3)14-13-24(4)28-15-16-29-32-30(18-20-35(28,29)9)34(8)19-17-27(21-26(34)22-31(32)36)37-38(10,11)33(5,6)7/h13-14,22-25,27-30,32H,12,15-21H2,1-11H3/b14-13+/t24-,25-,27?,28-,29+,30+,32+,34+,35-/m1/s1. The Hall–Kier alpha value is -0.673. The molecule has 4 aliphatic rings. The molecule has 3 heteroatoms. The van der Waals surface area contributed by atoms with Gasteiger partial charge >= 0.3 is 0 Å². The number of carbonyl (C=O) groups excluding carboxylic acids is 1. The van der Waals surface area contributed by atoms with Gasteiger partial charge in [-0.05, 0) is 122 Å². The first-order valence-corrected chi connectivity index (χ1v) is 19.1. The largest absolute Gasteiger partial charge is 0.414 e. The van der Waals surface area contributed by atoms with Crippen LogP contribution in [-0.4, -0.2) is 20.2 Å². The fraction of sp³-hybridized carbons (Fsp3) is 0.857. The van der Waals surface area contributed by atoms with E-state index in [4.69, 9.17) is 4.43 Å². The fourth-order valence-corrected chi connectivity index (χ4v) is 10.6. The summed E-state index contributed by atoms with van der Waals surface area (Å²) in [7, 11) is -1.81. The van der Waals surface area contributed by atoms with Crippen LogP contribution in [0.15, 0.2) is 23.8 Å². The van der Waals surface area contributed by atoms with Gasteiger partial charge in [-0.2, -0.15) is 0 Å². The maximum Gasteiger partial charge on any atom is 0.192 e. The van der Waals surface area contributed by atoms with Crippen LogP contribution in [0.4, 0.5) is 0 Å². The van der Waals surface area contributed by atoms with Crippen LogP contribution in [0.3, 0.4) is 0 Å². The van der Waals surface area contributed by atoms with E-state index in [9.17, 15) is 4.79 Å². The molecule has 0 aromatic rings. The first-order chi connectivity index (χ1) is 17.5. The first kappa shape index (κ1) is 30.3. The third kappa shape index (κ3) is 5.22. The van der Waals surface area contributed by atoms with Gasteiger partial charge in [-0.1, -0.05) is 80.0 Å². The van der Waals surface area contributed by atoms with Crippen molar-refractivity contribution in [3.63, 3.8) is 0 Å². The molecule has 0 saturated heterocycles. The lowest BCUT2D eigenvalue weighted by Gasteiger charge is -2.58. The summed E-state index contributed by atoms with van der Waals surface area (Å²) in [5.41, 5.74) is 1.90. The fourth-order valence-electron chi connectivity index (χ4n) is 9.25. The van der Waals surface area contributed by atoms with Crippen molar-refractivity contribution in [2.75, 3.05) is 0 Å². The van der Waals surface area contributed by atoms with E-state index in [2.05, 4.69) is 93.6 Å². The molecule has 2 nitrogen and oxygen atoms in total. The van der Waals surface area contributed by atoms with E-state index >= 15 is 0 Å². The van der Waals surface area contributed by atoms with Crippen molar-refractivity contribution in [1.29, 1.82) is 0 Å². The smallest absolute Gasteiger partial charge is 0.192 e. The highest BCUT2D eigenvalue weighted by Gasteiger charge is 2.61. The Balaban J connectivity index is 1.53. The molecule has 4 rings (SSSR count). The molecule has 0 N–H and O–H groups in total. The molecular formula is C35H60O2Si. The van der Waals surface area contributed by atoms with E-state index in [0.717, 1.165) is 12.8 Å². The zero-order valence-electron chi connectivity index (χ0n) is 26.8. The van der Waals surface area contributed by atoms with Gasteiger partial charge in [0.25, 0.3) is 0 Å². The number of hydrogen-bond acceptors (Lipinski definition) is 2. The monoisotopic (exact) mass is 540 g/mol. The summed E-state index contributed by atoms with van der Waals surface area (Å²) in [6.45, 7) is 26.3. The molecule has 216 valence electrons. The van der Waals surface area contributed by atoms with Gasteiger partial charge in [-0.15, -0.1) is 0 Å². The van der Waals surface area contributed by atoms with Crippen LogP contribution in [0.5, 0.6) is 0 Å². The number of carbonyl (C=O) groups is 1. The molecule has 4 aliphatic carbocycles. The quantitative estimate of drug-likeness (QED) is 0.237. The van der Waals surface area contributed by atoms with Crippen LogP contribution >= 0.6 is 0 Å². The predicted molar refractivity (Wildman–Crippen MR) is 165 cm³/mol. The minimum Gasteiger partial charge on any atom is -0.414 e. The van der Waals surface area contributed by atoms with Crippen LogP contribution in [0, 0.1) is 52.3 Å². The van der Waals surface area contributed by atoms with E-state index in [1.807, 2.05) is 0 Å². The molecule has 9 atom stereocenters. The summed E-state index contributed by atoms with van der Waals surface area (Å²) in [6, 6.07) is 0. The molecule has 3 fully saturated rings. The SMILES string of the molecule is CC[C@H](/C=C/[C@@H](C)[C@H]1CC[C@H]2[C@@H]3C(=O)C=C4CC(O[Si](C)(C)C(C)(C)C)CC[C@]4(C)[C@H]3CC[C@]12C)C(C)C. The normalized spacial score (nSPS) is 39.5.